The van der Waals surface area contributed by atoms with Crippen LogP contribution < -0.4 is 10.6 Å². The molecule has 1 fully saturated rings. The number of hydrogen-bond acceptors (Lipinski definition) is 5. The summed E-state index contributed by atoms with van der Waals surface area (Å²) in [6, 6.07) is 8.52. The van der Waals surface area contributed by atoms with Gasteiger partial charge in [-0.25, -0.2) is 17.2 Å². The van der Waals surface area contributed by atoms with Gasteiger partial charge in [-0.3, -0.25) is 10.1 Å². The predicted molar refractivity (Wildman–Crippen MR) is 112 cm³/mol. The molecule has 1 saturated heterocycles. The number of nitrogens with zero attached hydrogens (tertiary/aromatic N) is 1. The Hall–Kier alpha value is -2.40. The third kappa shape index (κ3) is 5.65. The zero-order valence-corrected chi connectivity index (χ0v) is 18.1. The molecule has 31 heavy (non-hydrogen) atoms. The van der Waals surface area contributed by atoms with Crippen molar-refractivity contribution in [2.45, 2.75) is 30.8 Å². The fourth-order valence-corrected chi connectivity index (χ4v) is 4.70. The monoisotopic (exact) mass is 453 g/mol. The van der Waals surface area contributed by atoms with Gasteiger partial charge in [-0.05, 0) is 49.7 Å². The van der Waals surface area contributed by atoms with E-state index in [9.17, 15) is 22.0 Å². The summed E-state index contributed by atoms with van der Waals surface area (Å²) < 4.78 is 58.7. The normalized spacial score (nSPS) is 17.2. The minimum Gasteiger partial charge on any atom is -0.379 e. The minimum absolute atomic E-state index is 0.0861. The molecule has 0 spiro atoms. The largest absolute Gasteiger partial charge is 0.379 e. The van der Waals surface area contributed by atoms with Crippen LogP contribution in [0, 0.1) is 11.6 Å². The fraction of sp³-hybridized carbons (Fsp3) is 0.381. The molecule has 7 nitrogen and oxygen atoms in total. The van der Waals surface area contributed by atoms with E-state index in [4.69, 9.17) is 4.74 Å². The number of sulfonamides is 1. The van der Waals surface area contributed by atoms with Gasteiger partial charge in [0.25, 0.3) is 0 Å². The summed E-state index contributed by atoms with van der Waals surface area (Å²) in [6.45, 7) is 4.60. The number of anilines is 1. The van der Waals surface area contributed by atoms with E-state index in [0.29, 0.717) is 24.5 Å². The number of benzene rings is 2. The molecule has 10 heteroatoms. The molecule has 2 N–H and O–H groups in total. The van der Waals surface area contributed by atoms with Crippen LogP contribution in [-0.4, -0.2) is 51.0 Å². The highest BCUT2D eigenvalue weighted by atomic mass is 32.2. The van der Waals surface area contributed by atoms with E-state index in [-0.39, 0.29) is 18.0 Å². The van der Waals surface area contributed by atoms with Crippen LogP contribution >= 0.6 is 0 Å². The zero-order valence-electron chi connectivity index (χ0n) is 17.3. The van der Waals surface area contributed by atoms with Crippen molar-refractivity contribution in [1.82, 2.24) is 9.62 Å². The zero-order chi connectivity index (χ0) is 22.6. The number of carbonyl (C=O) groups excluding carboxylic acids is 1. The number of rotatable bonds is 7. The lowest BCUT2D eigenvalue weighted by atomic mass is 10.1. The smallest absolute Gasteiger partial charge is 0.243 e. The van der Waals surface area contributed by atoms with Gasteiger partial charge in [0.2, 0.25) is 15.9 Å². The highest BCUT2D eigenvalue weighted by molar-refractivity contribution is 7.89. The molecule has 3 rings (SSSR count). The van der Waals surface area contributed by atoms with Crippen molar-refractivity contribution in [1.29, 1.82) is 0 Å². The van der Waals surface area contributed by atoms with Gasteiger partial charge >= 0.3 is 0 Å². The van der Waals surface area contributed by atoms with E-state index in [1.165, 1.54) is 22.5 Å². The van der Waals surface area contributed by atoms with E-state index in [1.54, 1.807) is 26.0 Å². The highest BCUT2D eigenvalue weighted by Crippen LogP contribution is 2.21. The summed E-state index contributed by atoms with van der Waals surface area (Å²) in [4.78, 5) is 12.7. The standard InChI is InChI=1S/C21H25F2N3O4S/c1-14(16-6-7-19(22)20(23)12-16)24-15(2)21(27)25-17-4-3-5-18(13-17)31(28,29)26-8-10-30-11-9-26/h3-7,12-15,24H,8-11H2,1-2H3,(H,25,27)/t14-,15+/m1/s1. The number of amides is 1. The van der Waals surface area contributed by atoms with Crippen LogP contribution in [0.25, 0.3) is 0 Å². The molecule has 1 heterocycles. The first-order chi connectivity index (χ1) is 14.7. The van der Waals surface area contributed by atoms with Crippen molar-refractivity contribution in [2.24, 2.45) is 0 Å². The van der Waals surface area contributed by atoms with E-state index in [2.05, 4.69) is 10.6 Å². The second-order valence-corrected chi connectivity index (χ2v) is 9.26. The van der Waals surface area contributed by atoms with Crippen molar-refractivity contribution >= 4 is 21.6 Å². The number of hydrogen-bond donors (Lipinski definition) is 2. The average Bonchev–Trinajstić information content (AvgIpc) is 2.76. The Bertz CT molecular complexity index is 1040. The van der Waals surface area contributed by atoms with Gasteiger partial charge in [0, 0.05) is 24.8 Å². The van der Waals surface area contributed by atoms with Gasteiger partial charge in [0.15, 0.2) is 11.6 Å². The van der Waals surface area contributed by atoms with E-state index >= 15 is 0 Å². The number of carbonyl (C=O) groups is 1. The first-order valence-corrected chi connectivity index (χ1v) is 11.3. The third-order valence-corrected chi connectivity index (χ3v) is 6.94. The summed E-state index contributed by atoms with van der Waals surface area (Å²) in [6.07, 6.45) is 0. The van der Waals surface area contributed by atoms with Crippen molar-refractivity contribution < 1.29 is 26.7 Å². The molecule has 0 radical (unpaired) electrons. The maximum absolute atomic E-state index is 13.5. The average molecular weight is 454 g/mol. The quantitative estimate of drug-likeness (QED) is 0.673. The lowest BCUT2D eigenvalue weighted by Gasteiger charge is -2.26. The molecule has 2 aromatic rings. The molecular weight excluding hydrogens is 428 g/mol. The molecule has 0 aromatic heterocycles. The first-order valence-electron chi connectivity index (χ1n) is 9.88. The second kappa shape index (κ2) is 9.82. The van der Waals surface area contributed by atoms with Crippen molar-refractivity contribution in [3.63, 3.8) is 0 Å². The summed E-state index contributed by atoms with van der Waals surface area (Å²) in [5.74, 6) is -2.29. The topological polar surface area (TPSA) is 87.7 Å². The van der Waals surface area contributed by atoms with Crippen LogP contribution in [-0.2, 0) is 19.6 Å². The molecule has 0 aliphatic carbocycles. The molecule has 0 saturated carbocycles. The summed E-state index contributed by atoms with van der Waals surface area (Å²) in [5, 5.41) is 5.71. The number of ether oxygens (including phenoxy) is 1. The maximum atomic E-state index is 13.5. The van der Waals surface area contributed by atoms with Crippen LogP contribution in [0.5, 0.6) is 0 Å². The first kappa shape index (κ1) is 23.3. The minimum atomic E-state index is -3.68. The maximum Gasteiger partial charge on any atom is 0.243 e. The molecule has 0 bridgehead atoms. The Morgan fingerprint density at radius 1 is 1.06 bits per heavy atom. The van der Waals surface area contributed by atoms with Crippen LogP contribution in [0.15, 0.2) is 47.4 Å². The van der Waals surface area contributed by atoms with Gasteiger partial charge in [0.1, 0.15) is 0 Å². The van der Waals surface area contributed by atoms with E-state index in [0.717, 1.165) is 12.1 Å². The molecule has 1 aliphatic rings. The van der Waals surface area contributed by atoms with Crippen LogP contribution in [0.3, 0.4) is 0 Å². The Labute approximate surface area is 180 Å². The number of halogens is 2. The van der Waals surface area contributed by atoms with Gasteiger partial charge in [-0.1, -0.05) is 12.1 Å². The summed E-state index contributed by atoms with van der Waals surface area (Å²) in [7, 11) is -3.68. The molecule has 2 aromatic carbocycles. The van der Waals surface area contributed by atoms with Gasteiger partial charge in [-0.2, -0.15) is 4.31 Å². The second-order valence-electron chi connectivity index (χ2n) is 7.32. The Morgan fingerprint density at radius 2 is 1.77 bits per heavy atom. The third-order valence-electron chi connectivity index (χ3n) is 5.05. The lowest BCUT2D eigenvalue weighted by Crippen LogP contribution is -2.40. The molecule has 1 aliphatic heterocycles. The fourth-order valence-electron chi connectivity index (χ4n) is 3.25. The van der Waals surface area contributed by atoms with Crippen LogP contribution in [0.4, 0.5) is 14.5 Å². The lowest BCUT2D eigenvalue weighted by molar-refractivity contribution is -0.117. The molecule has 2 atom stereocenters. The predicted octanol–water partition coefficient (Wildman–Crippen LogP) is 2.66. The molecular formula is C21H25F2N3O4S. The van der Waals surface area contributed by atoms with Gasteiger partial charge < -0.3 is 10.1 Å². The SMILES string of the molecule is C[C@H](N[C@H](C)c1ccc(F)c(F)c1)C(=O)Nc1cccc(S(=O)(=O)N2CCOCC2)c1. The van der Waals surface area contributed by atoms with Gasteiger partial charge in [0.05, 0.1) is 24.2 Å². The van der Waals surface area contributed by atoms with Gasteiger partial charge in [-0.15, -0.1) is 0 Å². The van der Waals surface area contributed by atoms with Crippen molar-refractivity contribution in [2.75, 3.05) is 31.6 Å². The van der Waals surface area contributed by atoms with Crippen LogP contribution in [0.1, 0.15) is 25.5 Å². The van der Waals surface area contributed by atoms with E-state index < -0.39 is 39.6 Å². The summed E-state index contributed by atoms with van der Waals surface area (Å²) in [5.41, 5.74) is 0.839. The Morgan fingerprint density at radius 3 is 2.45 bits per heavy atom. The molecule has 0 unspecified atom stereocenters. The number of morpholine rings is 1. The Balaban J connectivity index is 1.65. The van der Waals surface area contributed by atoms with Crippen molar-refractivity contribution in [3.05, 3.63) is 59.7 Å². The molecule has 168 valence electrons. The van der Waals surface area contributed by atoms with Crippen LogP contribution in [0.2, 0.25) is 0 Å². The van der Waals surface area contributed by atoms with Crippen molar-refractivity contribution in [3.8, 4) is 0 Å². The molecule has 1 amide bonds. The highest BCUT2D eigenvalue weighted by Gasteiger charge is 2.26. The Kier molecular flexibility index (Phi) is 7.37. The van der Waals surface area contributed by atoms with E-state index in [1.807, 2.05) is 0 Å². The summed E-state index contributed by atoms with van der Waals surface area (Å²) >= 11 is 0. The number of nitrogens with one attached hydrogen (secondary N) is 2.